The first-order valence-electron chi connectivity index (χ1n) is 9.21. The van der Waals surface area contributed by atoms with Crippen molar-refractivity contribution in [2.45, 2.75) is 19.4 Å². The second kappa shape index (κ2) is 11.5. The standard InChI is InChI=1S/C21H24N2O6/c1-3-27-21(26)23-14-13-16(22-2)20(25)29-18-12-8-7-11-17(18)28-19(24)15-9-5-4-6-10-15/h4-12,16,22H,3,13-14H2,1-2H3,(H,23,26). The predicted octanol–water partition coefficient (Wildman–Crippen LogP) is 2.54. The van der Waals surface area contributed by atoms with Crippen molar-refractivity contribution in [3.05, 3.63) is 60.2 Å². The Morgan fingerprint density at radius 3 is 2.17 bits per heavy atom. The summed E-state index contributed by atoms with van der Waals surface area (Å²) in [4.78, 5) is 36.1. The van der Waals surface area contributed by atoms with Gasteiger partial charge in [-0.15, -0.1) is 0 Å². The summed E-state index contributed by atoms with van der Waals surface area (Å²) in [5, 5.41) is 5.38. The van der Waals surface area contributed by atoms with Gasteiger partial charge < -0.3 is 24.8 Å². The molecule has 0 heterocycles. The van der Waals surface area contributed by atoms with Gasteiger partial charge in [0.2, 0.25) is 0 Å². The molecule has 1 amide bonds. The van der Waals surface area contributed by atoms with Crippen molar-refractivity contribution in [3.8, 4) is 11.5 Å². The number of esters is 2. The molecule has 0 bridgehead atoms. The van der Waals surface area contributed by atoms with Crippen molar-refractivity contribution in [2.75, 3.05) is 20.2 Å². The smallest absolute Gasteiger partial charge is 0.407 e. The molecule has 8 nitrogen and oxygen atoms in total. The van der Waals surface area contributed by atoms with Gasteiger partial charge in [-0.05, 0) is 44.7 Å². The van der Waals surface area contributed by atoms with Gasteiger partial charge in [0.1, 0.15) is 6.04 Å². The van der Waals surface area contributed by atoms with E-state index in [2.05, 4.69) is 10.6 Å². The maximum atomic E-state index is 12.5. The summed E-state index contributed by atoms with van der Waals surface area (Å²) >= 11 is 0. The van der Waals surface area contributed by atoms with E-state index >= 15 is 0 Å². The molecule has 0 spiro atoms. The lowest BCUT2D eigenvalue weighted by molar-refractivity contribution is -0.136. The average molecular weight is 400 g/mol. The minimum Gasteiger partial charge on any atom is -0.450 e. The van der Waals surface area contributed by atoms with E-state index in [4.69, 9.17) is 14.2 Å². The van der Waals surface area contributed by atoms with E-state index in [1.807, 2.05) is 0 Å². The normalized spacial score (nSPS) is 11.2. The lowest BCUT2D eigenvalue weighted by Gasteiger charge is -2.16. The van der Waals surface area contributed by atoms with Crippen LogP contribution in [0.15, 0.2) is 54.6 Å². The van der Waals surface area contributed by atoms with Crippen LogP contribution in [0.1, 0.15) is 23.7 Å². The van der Waals surface area contributed by atoms with Gasteiger partial charge in [-0.1, -0.05) is 30.3 Å². The van der Waals surface area contributed by atoms with Crippen LogP contribution < -0.4 is 20.1 Å². The van der Waals surface area contributed by atoms with Crippen LogP contribution in [0.3, 0.4) is 0 Å². The third-order valence-corrected chi connectivity index (χ3v) is 3.88. The first kappa shape index (κ1) is 21.9. The summed E-state index contributed by atoms with van der Waals surface area (Å²) < 4.78 is 15.6. The van der Waals surface area contributed by atoms with Crippen LogP contribution in [-0.2, 0) is 9.53 Å². The summed E-state index contributed by atoms with van der Waals surface area (Å²) in [6, 6.07) is 14.2. The fraction of sp³-hybridized carbons (Fsp3) is 0.286. The maximum Gasteiger partial charge on any atom is 0.407 e. The van der Waals surface area contributed by atoms with Gasteiger partial charge in [0.05, 0.1) is 12.2 Å². The third kappa shape index (κ3) is 6.93. The second-order valence-electron chi connectivity index (χ2n) is 5.90. The molecule has 1 unspecified atom stereocenters. The highest BCUT2D eigenvalue weighted by Crippen LogP contribution is 2.27. The largest absolute Gasteiger partial charge is 0.450 e. The molecule has 0 aromatic heterocycles. The Labute approximate surface area is 169 Å². The highest BCUT2D eigenvalue weighted by molar-refractivity contribution is 5.91. The molecule has 29 heavy (non-hydrogen) atoms. The SMILES string of the molecule is CCOC(=O)NCCC(NC)C(=O)Oc1ccccc1OC(=O)c1ccccc1. The lowest BCUT2D eigenvalue weighted by Crippen LogP contribution is -2.40. The van der Waals surface area contributed by atoms with Gasteiger partial charge in [0, 0.05) is 6.54 Å². The fourth-order valence-electron chi connectivity index (χ4n) is 2.41. The van der Waals surface area contributed by atoms with Crippen molar-refractivity contribution in [3.63, 3.8) is 0 Å². The Bertz CT molecular complexity index is 825. The molecule has 2 aromatic rings. The quantitative estimate of drug-likeness (QED) is 0.492. The van der Waals surface area contributed by atoms with E-state index in [1.54, 1.807) is 62.5 Å². The lowest BCUT2D eigenvalue weighted by atomic mass is 10.2. The van der Waals surface area contributed by atoms with E-state index in [1.165, 1.54) is 6.07 Å². The highest BCUT2D eigenvalue weighted by Gasteiger charge is 2.21. The maximum absolute atomic E-state index is 12.5. The Kier molecular flexibility index (Phi) is 8.65. The first-order chi connectivity index (χ1) is 14.0. The molecular formula is C21H24N2O6. The van der Waals surface area contributed by atoms with Crippen LogP contribution in [0, 0.1) is 0 Å². The molecule has 8 heteroatoms. The Hall–Kier alpha value is -3.39. The number of benzene rings is 2. The van der Waals surface area contributed by atoms with Gasteiger partial charge >= 0.3 is 18.0 Å². The molecular weight excluding hydrogens is 376 g/mol. The monoisotopic (exact) mass is 400 g/mol. The van der Waals surface area contributed by atoms with Gasteiger partial charge in [0.15, 0.2) is 11.5 Å². The van der Waals surface area contributed by atoms with Crippen LogP contribution in [0.5, 0.6) is 11.5 Å². The third-order valence-electron chi connectivity index (χ3n) is 3.88. The number of ether oxygens (including phenoxy) is 3. The Morgan fingerprint density at radius 2 is 1.55 bits per heavy atom. The van der Waals surface area contributed by atoms with Gasteiger partial charge in [0.25, 0.3) is 0 Å². The molecule has 0 fully saturated rings. The number of amides is 1. The highest BCUT2D eigenvalue weighted by atomic mass is 16.6. The first-order valence-corrected chi connectivity index (χ1v) is 9.21. The van der Waals surface area contributed by atoms with E-state index in [9.17, 15) is 14.4 Å². The molecule has 2 N–H and O–H groups in total. The predicted molar refractivity (Wildman–Crippen MR) is 106 cm³/mol. The fourth-order valence-corrected chi connectivity index (χ4v) is 2.41. The summed E-state index contributed by atoms with van der Waals surface area (Å²) in [5.74, 6) is -0.867. The minimum absolute atomic E-state index is 0.125. The van der Waals surface area contributed by atoms with Gasteiger partial charge in [-0.25, -0.2) is 14.4 Å². The van der Waals surface area contributed by atoms with E-state index < -0.39 is 24.1 Å². The molecule has 0 radical (unpaired) electrons. The average Bonchev–Trinajstić information content (AvgIpc) is 2.73. The molecule has 2 aromatic carbocycles. The number of likely N-dealkylation sites (N-methyl/N-ethyl adjacent to an activating group) is 1. The molecule has 0 aliphatic carbocycles. The number of carbonyl (C=O) groups is 3. The summed E-state index contributed by atoms with van der Waals surface area (Å²) in [7, 11) is 1.61. The molecule has 1 atom stereocenters. The van der Waals surface area contributed by atoms with Crippen LogP contribution in [0.2, 0.25) is 0 Å². The zero-order valence-electron chi connectivity index (χ0n) is 16.3. The molecule has 0 saturated carbocycles. The Balaban J connectivity index is 1.98. The van der Waals surface area contributed by atoms with Crippen molar-refractivity contribution in [1.29, 1.82) is 0 Å². The van der Waals surface area contributed by atoms with E-state index in [0.717, 1.165) is 0 Å². The number of carbonyl (C=O) groups excluding carboxylic acids is 3. The summed E-state index contributed by atoms with van der Waals surface area (Å²) in [6.45, 7) is 2.20. The summed E-state index contributed by atoms with van der Waals surface area (Å²) in [6.07, 6.45) is -0.256. The zero-order chi connectivity index (χ0) is 21.1. The topological polar surface area (TPSA) is 103 Å². The number of alkyl carbamates (subject to hydrolysis) is 1. The van der Waals surface area contributed by atoms with Crippen molar-refractivity contribution in [1.82, 2.24) is 10.6 Å². The molecule has 0 saturated heterocycles. The van der Waals surface area contributed by atoms with Crippen molar-refractivity contribution in [2.24, 2.45) is 0 Å². The number of hydrogen-bond donors (Lipinski definition) is 2. The minimum atomic E-state index is -0.671. The number of hydrogen-bond acceptors (Lipinski definition) is 7. The van der Waals surface area contributed by atoms with E-state index in [0.29, 0.717) is 12.0 Å². The van der Waals surface area contributed by atoms with Crippen molar-refractivity contribution >= 4 is 18.0 Å². The number of nitrogens with one attached hydrogen (secondary N) is 2. The number of rotatable bonds is 9. The van der Waals surface area contributed by atoms with E-state index in [-0.39, 0.29) is 24.7 Å². The van der Waals surface area contributed by atoms with Crippen LogP contribution in [0.4, 0.5) is 4.79 Å². The molecule has 0 aliphatic heterocycles. The van der Waals surface area contributed by atoms with Crippen LogP contribution in [0.25, 0.3) is 0 Å². The summed E-state index contributed by atoms with van der Waals surface area (Å²) in [5.41, 5.74) is 0.381. The zero-order valence-corrected chi connectivity index (χ0v) is 16.3. The number of para-hydroxylation sites is 2. The van der Waals surface area contributed by atoms with Crippen molar-refractivity contribution < 1.29 is 28.6 Å². The van der Waals surface area contributed by atoms with Crippen LogP contribution >= 0.6 is 0 Å². The molecule has 154 valence electrons. The van der Waals surface area contributed by atoms with Gasteiger partial charge in [-0.2, -0.15) is 0 Å². The second-order valence-corrected chi connectivity index (χ2v) is 5.90. The van der Waals surface area contributed by atoms with Gasteiger partial charge in [-0.3, -0.25) is 0 Å². The van der Waals surface area contributed by atoms with Crippen LogP contribution in [-0.4, -0.2) is 44.3 Å². The molecule has 0 aliphatic rings. The molecule has 2 rings (SSSR count). The Morgan fingerprint density at radius 1 is 0.931 bits per heavy atom.